The fraction of sp³-hybridized carbons (Fsp3) is 0.333. The fourth-order valence-corrected chi connectivity index (χ4v) is 3.54. The first-order chi connectivity index (χ1) is 13.0. The summed E-state index contributed by atoms with van der Waals surface area (Å²) in [5.74, 6) is -1.36. The molecule has 2 aliphatic rings. The van der Waals surface area contributed by atoms with Crippen LogP contribution in [0.1, 0.15) is 24.0 Å². The maximum atomic E-state index is 14.4. The molecular weight excluding hydrogens is 371 g/mol. The molecular formula is C18H19FN4O3S. The van der Waals surface area contributed by atoms with Crippen LogP contribution in [0.5, 0.6) is 0 Å². The van der Waals surface area contributed by atoms with Gasteiger partial charge in [-0.1, -0.05) is 0 Å². The molecule has 0 bridgehead atoms. The second kappa shape index (κ2) is 8.34. The molecule has 3 rings (SSSR count). The molecule has 1 aromatic carbocycles. The van der Waals surface area contributed by atoms with Gasteiger partial charge in [0, 0.05) is 24.7 Å². The molecule has 2 saturated heterocycles. The number of carbonyl (C=O) groups is 2. The number of nitrogens with one attached hydrogen (secondary N) is 1. The van der Waals surface area contributed by atoms with Crippen molar-refractivity contribution in [3.8, 4) is 0 Å². The molecule has 1 amide bonds. The lowest BCUT2D eigenvalue weighted by molar-refractivity contribution is -0.135. The Bertz CT molecular complexity index is 860. The van der Waals surface area contributed by atoms with E-state index in [1.165, 1.54) is 19.4 Å². The van der Waals surface area contributed by atoms with Crippen LogP contribution in [-0.2, 0) is 14.3 Å². The summed E-state index contributed by atoms with van der Waals surface area (Å²) >= 11 is 0.979. The standard InChI is InChI=1S/C18H19FN4O3S/c1-11-7-14(23-5-3-4-6-23)13(19)8-12(11)10-20-22-18-21-17(25)15(27-18)9-16(24)26-2/h7-10H,3-6H2,1-2H3,(H,21,22,25)/b15-9+,20-10?. The third-order valence-corrected chi connectivity index (χ3v) is 5.13. The lowest BCUT2D eigenvalue weighted by Crippen LogP contribution is -2.19. The Balaban J connectivity index is 1.72. The zero-order valence-corrected chi connectivity index (χ0v) is 15.8. The van der Waals surface area contributed by atoms with E-state index >= 15 is 0 Å². The minimum atomic E-state index is -0.624. The number of aryl methyl sites for hydroxylation is 1. The van der Waals surface area contributed by atoms with E-state index in [-0.39, 0.29) is 15.9 Å². The summed E-state index contributed by atoms with van der Waals surface area (Å²) in [6, 6.07) is 3.26. The summed E-state index contributed by atoms with van der Waals surface area (Å²) in [6.07, 6.45) is 4.68. The Morgan fingerprint density at radius 2 is 2.11 bits per heavy atom. The van der Waals surface area contributed by atoms with Crippen molar-refractivity contribution in [2.45, 2.75) is 19.8 Å². The first-order valence-corrected chi connectivity index (χ1v) is 9.24. The highest BCUT2D eigenvalue weighted by Crippen LogP contribution is 2.26. The molecule has 9 heteroatoms. The summed E-state index contributed by atoms with van der Waals surface area (Å²) in [7, 11) is 1.23. The van der Waals surface area contributed by atoms with Crippen LogP contribution in [0.4, 0.5) is 10.1 Å². The summed E-state index contributed by atoms with van der Waals surface area (Å²) in [4.78, 5) is 25.2. The van der Waals surface area contributed by atoms with E-state index in [4.69, 9.17) is 0 Å². The number of amides is 1. The largest absolute Gasteiger partial charge is 0.466 e. The van der Waals surface area contributed by atoms with Crippen molar-refractivity contribution in [3.05, 3.63) is 40.1 Å². The minimum absolute atomic E-state index is 0.174. The Kier molecular flexibility index (Phi) is 5.90. The number of esters is 1. The van der Waals surface area contributed by atoms with Crippen LogP contribution in [0.15, 0.2) is 33.3 Å². The highest BCUT2D eigenvalue weighted by atomic mass is 32.2. The SMILES string of the molecule is COC(=O)/C=C1/S/C(=N\N=Cc2cc(F)c(N3CCCC3)cc2C)NC1=O. The molecule has 7 nitrogen and oxygen atoms in total. The number of benzene rings is 1. The normalized spacial score (nSPS) is 20.1. The summed E-state index contributed by atoms with van der Waals surface area (Å²) in [5, 5.41) is 10.6. The van der Waals surface area contributed by atoms with E-state index in [2.05, 4.69) is 20.3 Å². The third-order valence-electron chi connectivity index (χ3n) is 4.23. The number of ether oxygens (including phenoxy) is 1. The number of nitrogens with zero attached hydrogens (tertiary/aromatic N) is 3. The van der Waals surface area contributed by atoms with Gasteiger partial charge in [-0.15, -0.1) is 5.10 Å². The minimum Gasteiger partial charge on any atom is -0.466 e. The predicted molar refractivity (Wildman–Crippen MR) is 103 cm³/mol. The topological polar surface area (TPSA) is 83.4 Å². The Morgan fingerprint density at radius 3 is 2.81 bits per heavy atom. The first kappa shape index (κ1) is 19.1. The third kappa shape index (κ3) is 4.54. The maximum absolute atomic E-state index is 14.4. The molecule has 0 aliphatic carbocycles. The van der Waals surface area contributed by atoms with Crippen LogP contribution in [0.25, 0.3) is 0 Å². The number of rotatable bonds is 4. The van der Waals surface area contributed by atoms with Crippen molar-refractivity contribution >= 4 is 40.7 Å². The van der Waals surface area contributed by atoms with Gasteiger partial charge in [0.1, 0.15) is 5.82 Å². The average molecular weight is 390 g/mol. The van der Waals surface area contributed by atoms with Gasteiger partial charge in [-0.05, 0) is 49.2 Å². The number of amidine groups is 1. The smallest absolute Gasteiger partial charge is 0.331 e. The first-order valence-electron chi connectivity index (χ1n) is 8.43. The lowest BCUT2D eigenvalue weighted by atomic mass is 10.1. The van der Waals surface area contributed by atoms with E-state index in [1.807, 2.05) is 17.9 Å². The number of thioether (sulfide) groups is 1. The average Bonchev–Trinajstić information content (AvgIpc) is 3.28. The van der Waals surface area contributed by atoms with Crippen molar-refractivity contribution in [2.24, 2.45) is 10.2 Å². The molecule has 27 heavy (non-hydrogen) atoms. The van der Waals surface area contributed by atoms with Gasteiger partial charge in [-0.3, -0.25) is 10.1 Å². The highest BCUT2D eigenvalue weighted by molar-refractivity contribution is 8.18. The molecule has 0 atom stereocenters. The Morgan fingerprint density at radius 1 is 1.37 bits per heavy atom. The van der Waals surface area contributed by atoms with Crippen LogP contribution in [0.3, 0.4) is 0 Å². The predicted octanol–water partition coefficient (Wildman–Crippen LogP) is 2.34. The van der Waals surface area contributed by atoms with E-state index in [1.54, 1.807) is 0 Å². The molecule has 142 valence electrons. The van der Waals surface area contributed by atoms with Gasteiger partial charge in [0.05, 0.1) is 23.9 Å². The molecule has 2 aliphatic heterocycles. The molecule has 1 aromatic rings. The van der Waals surface area contributed by atoms with Crippen molar-refractivity contribution in [3.63, 3.8) is 0 Å². The number of halogens is 1. The van der Waals surface area contributed by atoms with Gasteiger partial charge in [0.2, 0.25) is 0 Å². The van der Waals surface area contributed by atoms with Gasteiger partial charge in [-0.25, -0.2) is 9.18 Å². The number of anilines is 1. The van der Waals surface area contributed by atoms with Crippen LogP contribution < -0.4 is 10.2 Å². The number of hydrogen-bond donors (Lipinski definition) is 1. The van der Waals surface area contributed by atoms with Crippen LogP contribution in [-0.4, -0.2) is 43.5 Å². The zero-order valence-electron chi connectivity index (χ0n) is 15.0. The summed E-state index contributed by atoms with van der Waals surface area (Å²) < 4.78 is 18.9. The quantitative estimate of drug-likeness (QED) is 0.369. The van der Waals surface area contributed by atoms with Crippen molar-refractivity contribution in [1.82, 2.24) is 5.32 Å². The van der Waals surface area contributed by atoms with Crippen LogP contribution in [0.2, 0.25) is 0 Å². The molecule has 0 saturated carbocycles. The lowest BCUT2D eigenvalue weighted by Gasteiger charge is -2.19. The van der Waals surface area contributed by atoms with E-state index < -0.39 is 11.9 Å². The highest BCUT2D eigenvalue weighted by Gasteiger charge is 2.25. The fourth-order valence-electron chi connectivity index (χ4n) is 2.81. The van der Waals surface area contributed by atoms with E-state index in [0.29, 0.717) is 11.3 Å². The van der Waals surface area contributed by atoms with Crippen LogP contribution >= 0.6 is 11.8 Å². The Labute approximate surface area is 160 Å². The van der Waals surface area contributed by atoms with E-state index in [0.717, 1.165) is 49.3 Å². The van der Waals surface area contributed by atoms with Crippen molar-refractivity contribution < 1.29 is 18.7 Å². The second-order valence-electron chi connectivity index (χ2n) is 6.09. The number of carbonyl (C=O) groups excluding carboxylic acids is 2. The maximum Gasteiger partial charge on any atom is 0.331 e. The molecule has 2 heterocycles. The molecule has 2 fully saturated rings. The van der Waals surface area contributed by atoms with Crippen molar-refractivity contribution in [2.75, 3.05) is 25.1 Å². The Hall–Kier alpha value is -2.68. The van der Waals surface area contributed by atoms with Gasteiger partial charge in [0.25, 0.3) is 5.91 Å². The van der Waals surface area contributed by atoms with Gasteiger partial charge in [0.15, 0.2) is 5.17 Å². The molecule has 1 N–H and O–H groups in total. The zero-order chi connectivity index (χ0) is 19.4. The molecule has 0 aromatic heterocycles. The number of methoxy groups -OCH3 is 1. The van der Waals surface area contributed by atoms with Gasteiger partial charge < -0.3 is 9.64 Å². The van der Waals surface area contributed by atoms with Crippen molar-refractivity contribution in [1.29, 1.82) is 0 Å². The molecule has 0 spiro atoms. The van der Waals surface area contributed by atoms with Gasteiger partial charge >= 0.3 is 5.97 Å². The second-order valence-corrected chi connectivity index (χ2v) is 7.12. The number of hydrogen-bond acceptors (Lipinski definition) is 7. The summed E-state index contributed by atoms with van der Waals surface area (Å²) in [5.41, 5.74) is 2.11. The van der Waals surface area contributed by atoms with Crippen LogP contribution in [0, 0.1) is 12.7 Å². The monoisotopic (exact) mass is 390 g/mol. The molecule has 0 radical (unpaired) electrons. The molecule has 0 unspecified atom stereocenters. The van der Waals surface area contributed by atoms with Gasteiger partial charge in [-0.2, -0.15) is 5.10 Å². The summed E-state index contributed by atoms with van der Waals surface area (Å²) in [6.45, 7) is 3.63. The van der Waals surface area contributed by atoms with E-state index in [9.17, 15) is 14.0 Å².